The van der Waals surface area contributed by atoms with Crippen molar-refractivity contribution in [2.24, 2.45) is 5.92 Å². The standard InChI is InChI=1S/C15H29NO2/c1-12-9-16(11-15(2,3)18-12)10-14(17)8-13-6-4-5-7-13/h12-14,17H,4-11H2,1-3H3. The Labute approximate surface area is 112 Å². The first-order valence-electron chi connectivity index (χ1n) is 7.53. The number of rotatable bonds is 4. The van der Waals surface area contributed by atoms with Gasteiger partial charge in [-0.2, -0.15) is 0 Å². The third-order valence-corrected chi connectivity index (χ3v) is 4.19. The van der Waals surface area contributed by atoms with Crippen molar-refractivity contribution in [1.29, 1.82) is 0 Å². The molecule has 18 heavy (non-hydrogen) atoms. The van der Waals surface area contributed by atoms with Crippen LogP contribution in [0, 0.1) is 5.92 Å². The molecule has 0 bridgehead atoms. The summed E-state index contributed by atoms with van der Waals surface area (Å²) >= 11 is 0. The van der Waals surface area contributed by atoms with Crippen LogP contribution >= 0.6 is 0 Å². The second kappa shape index (κ2) is 5.89. The van der Waals surface area contributed by atoms with Gasteiger partial charge in [-0.25, -0.2) is 0 Å². The number of hydrogen-bond donors (Lipinski definition) is 1. The molecule has 0 aromatic rings. The number of morpholine rings is 1. The molecule has 2 aliphatic rings. The first-order valence-corrected chi connectivity index (χ1v) is 7.53. The third-order valence-electron chi connectivity index (χ3n) is 4.19. The van der Waals surface area contributed by atoms with Gasteiger partial charge in [0, 0.05) is 19.6 Å². The van der Waals surface area contributed by atoms with Crippen LogP contribution in [0.25, 0.3) is 0 Å². The highest BCUT2D eigenvalue weighted by Crippen LogP contribution is 2.29. The number of nitrogens with zero attached hydrogens (tertiary/aromatic N) is 1. The summed E-state index contributed by atoms with van der Waals surface area (Å²) in [4.78, 5) is 2.37. The smallest absolute Gasteiger partial charge is 0.0757 e. The van der Waals surface area contributed by atoms with Gasteiger partial charge in [0.1, 0.15) is 0 Å². The minimum atomic E-state index is -0.158. The summed E-state index contributed by atoms with van der Waals surface area (Å²) in [6, 6.07) is 0. The maximum atomic E-state index is 10.2. The van der Waals surface area contributed by atoms with E-state index in [9.17, 15) is 5.11 Å². The third kappa shape index (κ3) is 4.22. The summed E-state index contributed by atoms with van der Waals surface area (Å²) in [7, 11) is 0. The van der Waals surface area contributed by atoms with E-state index in [1.54, 1.807) is 0 Å². The Hall–Kier alpha value is -0.120. The SMILES string of the molecule is CC1CN(CC(O)CC2CCCC2)CC(C)(C)O1. The molecule has 2 unspecified atom stereocenters. The van der Waals surface area contributed by atoms with Crippen molar-refractivity contribution >= 4 is 0 Å². The number of β-amino-alcohol motifs (C(OH)–C–C–N with tert-alkyl or cyclic N) is 1. The Morgan fingerprint density at radius 3 is 2.61 bits per heavy atom. The first-order chi connectivity index (χ1) is 8.44. The van der Waals surface area contributed by atoms with Crippen LogP contribution in [0.15, 0.2) is 0 Å². The fourth-order valence-electron chi connectivity index (χ4n) is 3.73. The molecular formula is C15H29NO2. The summed E-state index contributed by atoms with van der Waals surface area (Å²) in [6.45, 7) is 9.09. The zero-order chi connectivity index (χ0) is 13.2. The van der Waals surface area contributed by atoms with E-state index in [1.165, 1.54) is 25.7 Å². The minimum absolute atomic E-state index is 0.0786. The Bertz CT molecular complexity index is 261. The highest BCUT2D eigenvalue weighted by molar-refractivity contribution is 4.84. The number of hydrogen-bond acceptors (Lipinski definition) is 3. The molecule has 2 atom stereocenters. The fraction of sp³-hybridized carbons (Fsp3) is 1.00. The number of aliphatic hydroxyl groups excluding tert-OH is 1. The molecule has 1 saturated carbocycles. The molecule has 3 nitrogen and oxygen atoms in total. The second-order valence-electron chi connectivity index (χ2n) is 6.92. The molecule has 0 amide bonds. The molecule has 1 aliphatic heterocycles. The molecule has 2 rings (SSSR count). The van der Waals surface area contributed by atoms with Crippen molar-refractivity contribution in [3.05, 3.63) is 0 Å². The second-order valence-corrected chi connectivity index (χ2v) is 6.92. The maximum absolute atomic E-state index is 10.2. The molecule has 1 saturated heterocycles. The molecule has 0 aromatic carbocycles. The van der Waals surface area contributed by atoms with Crippen LogP contribution in [0.4, 0.5) is 0 Å². The lowest BCUT2D eigenvalue weighted by atomic mass is 9.98. The monoisotopic (exact) mass is 255 g/mol. The van der Waals surface area contributed by atoms with Crippen LogP contribution in [0.5, 0.6) is 0 Å². The van der Waals surface area contributed by atoms with Crippen molar-refractivity contribution < 1.29 is 9.84 Å². The average Bonchev–Trinajstić information content (AvgIpc) is 2.66. The molecule has 0 aromatic heterocycles. The van der Waals surface area contributed by atoms with Crippen LogP contribution < -0.4 is 0 Å². The van der Waals surface area contributed by atoms with Crippen molar-refractivity contribution in [1.82, 2.24) is 4.90 Å². The summed E-state index contributed by atoms with van der Waals surface area (Å²) in [5.74, 6) is 0.770. The predicted molar refractivity (Wildman–Crippen MR) is 73.6 cm³/mol. The molecule has 0 spiro atoms. The zero-order valence-corrected chi connectivity index (χ0v) is 12.2. The average molecular weight is 255 g/mol. The largest absolute Gasteiger partial charge is 0.392 e. The Morgan fingerprint density at radius 1 is 1.33 bits per heavy atom. The molecular weight excluding hydrogens is 226 g/mol. The summed E-state index contributed by atoms with van der Waals surface area (Å²) in [6.07, 6.45) is 6.47. The molecule has 1 heterocycles. The van der Waals surface area contributed by atoms with E-state index in [2.05, 4.69) is 25.7 Å². The van der Waals surface area contributed by atoms with Crippen molar-refractivity contribution in [3.63, 3.8) is 0 Å². The molecule has 1 N–H and O–H groups in total. The Balaban J connectivity index is 1.77. The highest BCUT2D eigenvalue weighted by Gasteiger charge is 2.32. The number of aliphatic hydroxyl groups is 1. The van der Waals surface area contributed by atoms with Gasteiger partial charge < -0.3 is 9.84 Å². The van der Waals surface area contributed by atoms with Crippen molar-refractivity contribution in [3.8, 4) is 0 Å². The van der Waals surface area contributed by atoms with E-state index in [-0.39, 0.29) is 17.8 Å². The normalized spacial score (nSPS) is 31.7. The maximum Gasteiger partial charge on any atom is 0.0757 e. The van der Waals surface area contributed by atoms with Crippen molar-refractivity contribution in [2.45, 2.75) is 70.7 Å². The quantitative estimate of drug-likeness (QED) is 0.837. The van der Waals surface area contributed by atoms with E-state index in [0.717, 1.165) is 32.0 Å². The molecule has 106 valence electrons. The van der Waals surface area contributed by atoms with Gasteiger partial charge in [-0.15, -0.1) is 0 Å². The van der Waals surface area contributed by atoms with E-state index < -0.39 is 0 Å². The van der Waals surface area contributed by atoms with Crippen LogP contribution in [0.1, 0.15) is 52.9 Å². The van der Waals surface area contributed by atoms with Crippen LogP contribution in [-0.4, -0.2) is 47.4 Å². The number of ether oxygens (including phenoxy) is 1. The van der Waals surface area contributed by atoms with Gasteiger partial charge in [0.15, 0.2) is 0 Å². The predicted octanol–water partition coefficient (Wildman–Crippen LogP) is 2.43. The Kier molecular flexibility index (Phi) is 4.68. The topological polar surface area (TPSA) is 32.7 Å². The highest BCUT2D eigenvalue weighted by atomic mass is 16.5. The van der Waals surface area contributed by atoms with Crippen LogP contribution in [-0.2, 0) is 4.74 Å². The molecule has 3 heteroatoms. The van der Waals surface area contributed by atoms with Crippen LogP contribution in [0.2, 0.25) is 0 Å². The van der Waals surface area contributed by atoms with Crippen LogP contribution in [0.3, 0.4) is 0 Å². The van der Waals surface area contributed by atoms with E-state index in [4.69, 9.17) is 4.74 Å². The van der Waals surface area contributed by atoms with Gasteiger partial charge in [0.25, 0.3) is 0 Å². The van der Waals surface area contributed by atoms with Gasteiger partial charge in [-0.05, 0) is 33.1 Å². The first kappa shape index (κ1) is 14.3. The minimum Gasteiger partial charge on any atom is -0.392 e. The van der Waals surface area contributed by atoms with E-state index in [0.29, 0.717) is 0 Å². The lowest BCUT2D eigenvalue weighted by Gasteiger charge is -2.42. The molecule has 2 fully saturated rings. The van der Waals surface area contributed by atoms with Gasteiger partial charge in [-0.3, -0.25) is 4.90 Å². The van der Waals surface area contributed by atoms with Crippen molar-refractivity contribution in [2.75, 3.05) is 19.6 Å². The molecule has 1 aliphatic carbocycles. The van der Waals surface area contributed by atoms with E-state index >= 15 is 0 Å². The zero-order valence-electron chi connectivity index (χ0n) is 12.2. The van der Waals surface area contributed by atoms with Gasteiger partial charge in [0.2, 0.25) is 0 Å². The lowest BCUT2D eigenvalue weighted by molar-refractivity contribution is -0.134. The summed E-state index contributed by atoms with van der Waals surface area (Å²) < 4.78 is 5.90. The summed E-state index contributed by atoms with van der Waals surface area (Å²) in [5.41, 5.74) is -0.0786. The fourth-order valence-corrected chi connectivity index (χ4v) is 3.73. The van der Waals surface area contributed by atoms with Gasteiger partial charge in [-0.1, -0.05) is 25.7 Å². The lowest BCUT2D eigenvalue weighted by Crippen LogP contribution is -2.53. The van der Waals surface area contributed by atoms with Gasteiger partial charge in [0.05, 0.1) is 17.8 Å². The Morgan fingerprint density at radius 2 is 2.00 bits per heavy atom. The van der Waals surface area contributed by atoms with Gasteiger partial charge >= 0.3 is 0 Å². The van der Waals surface area contributed by atoms with E-state index in [1.807, 2.05) is 0 Å². The summed E-state index contributed by atoms with van der Waals surface area (Å²) in [5, 5.41) is 10.2. The molecule has 0 radical (unpaired) electrons.